The Morgan fingerprint density at radius 3 is 1.90 bits per heavy atom. The highest BCUT2D eigenvalue weighted by Crippen LogP contribution is 2.59. The summed E-state index contributed by atoms with van der Waals surface area (Å²) >= 11 is 0. The molecule has 0 bridgehead atoms. The SMILES string of the molecule is Cc1ccccc1-c1c(-c2cc3c(cc2Nc2cccc(-c4ccc5ccccc5c4)c2)C(C)(c2ccccc2)c2ccccc2-3)ccc2c1-c1ccc(C(C)(C)C)cc1C2(C)C. The zero-order chi connectivity index (χ0) is 43.3. The summed E-state index contributed by atoms with van der Waals surface area (Å²) in [6.45, 7) is 16.5. The monoisotopic (exact) mass is 811 g/mol. The van der Waals surface area contributed by atoms with E-state index in [4.69, 9.17) is 0 Å². The van der Waals surface area contributed by atoms with Crippen LogP contribution in [0.5, 0.6) is 0 Å². The molecule has 0 saturated heterocycles. The van der Waals surface area contributed by atoms with Crippen LogP contribution in [0.3, 0.4) is 0 Å². The third-order valence-corrected chi connectivity index (χ3v) is 14.4. The predicted octanol–water partition coefficient (Wildman–Crippen LogP) is 16.8. The van der Waals surface area contributed by atoms with Gasteiger partial charge in [-0.3, -0.25) is 0 Å². The predicted molar refractivity (Wildman–Crippen MR) is 268 cm³/mol. The first-order chi connectivity index (χ1) is 30.4. The van der Waals surface area contributed by atoms with Gasteiger partial charge in [-0.25, -0.2) is 0 Å². The quantitative estimate of drug-likeness (QED) is 0.176. The lowest BCUT2D eigenvalue weighted by atomic mass is 9.74. The smallest absolute Gasteiger partial charge is 0.0467 e. The van der Waals surface area contributed by atoms with E-state index in [0.717, 1.165) is 11.4 Å². The first-order valence-electron chi connectivity index (χ1n) is 22.5. The largest absolute Gasteiger partial charge is 0.355 e. The lowest BCUT2D eigenvalue weighted by Crippen LogP contribution is -2.22. The zero-order valence-corrected chi connectivity index (χ0v) is 37.4. The van der Waals surface area contributed by atoms with E-state index in [1.165, 1.54) is 105 Å². The first kappa shape index (κ1) is 38.9. The molecule has 0 saturated carbocycles. The van der Waals surface area contributed by atoms with Crippen molar-refractivity contribution in [2.45, 2.75) is 64.7 Å². The van der Waals surface area contributed by atoms with Gasteiger partial charge in [0.2, 0.25) is 0 Å². The highest BCUT2D eigenvalue weighted by atomic mass is 14.9. The Labute approximate surface area is 373 Å². The lowest BCUT2D eigenvalue weighted by Gasteiger charge is -2.29. The number of hydrogen-bond donors (Lipinski definition) is 1. The van der Waals surface area contributed by atoms with Crippen LogP contribution in [0, 0.1) is 6.92 Å². The van der Waals surface area contributed by atoms with Crippen LogP contribution in [0.4, 0.5) is 11.4 Å². The number of nitrogens with one attached hydrogen (secondary N) is 1. The van der Waals surface area contributed by atoms with Crippen LogP contribution < -0.4 is 5.32 Å². The minimum absolute atomic E-state index is 0.0467. The standard InChI is InChI=1S/C62H53N/c1-39-18-11-14-25-47(39)58-49(32-33-54-59(58)50-31-30-45(60(2,3)4)36-55(50)61(54,5)6)52-37-51-48-26-15-16-27-53(48)62(7,44-22-9-8-10-23-44)56(51)38-57(52)63-46-24-17-21-42(35-46)43-29-28-40-19-12-13-20-41(40)34-43/h8-38,63H,1-7H3. The maximum Gasteiger partial charge on any atom is 0.0467 e. The Morgan fingerprint density at radius 1 is 0.413 bits per heavy atom. The summed E-state index contributed by atoms with van der Waals surface area (Å²) in [5, 5.41) is 6.58. The normalized spacial score (nSPS) is 15.7. The number of anilines is 2. The van der Waals surface area contributed by atoms with Crippen LogP contribution in [0.25, 0.3) is 66.4 Å². The van der Waals surface area contributed by atoms with Crippen LogP contribution >= 0.6 is 0 Å². The van der Waals surface area contributed by atoms with Gasteiger partial charge in [-0.1, -0.05) is 192 Å². The third kappa shape index (κ3) is 6.12. The lowest BCUT2D eigenvalue weighted by molar-refractivity contribution is 0.584. The molecule has 63 heavy (non-hydrogen) atoms. The van der Waals surface area contributed by atoms with Crippen molar-refractivity contribution in [1.82, 2.24) is 0 Å². The molecule has 9 aromatic carbocycles. The van der Waals surface area contributed by atoms with Gasteiger partial charge >= 0.3 is 0 Å². The van der Waals surface area contributed by atoms with Gasteiger partial charge in [-0.15, -0.1) is 0 Å². The van der Waals surface area contributed by atoms with E-state index in [2.05, 4.69) is 242 Å². The fourth-order valence-corrected chi connectivity index (χ4v) is 10.9. The highest BCUT2D eigenvalue weighted by molar-refractivity contribution is 6.04. The Morgan fingerprint density at radius 2 is 1.11 bits per heavy atom. The number of fused-ring (bicyclic) bond motifs is 7. The first-order valence-corrected chi connectivity index (χ1v) is 22.5. The second-order valence-corrected chi connectivity index (χ2v) is 19.6. The molecule has 0 spiro atoms. The molecule has 0 radical (unpaired) electrons. The number of hydrogen-bond acceptors (Lipinski definition) is 1. The fourth-order valence-electron chi connectivity index (χ4n) is 10.9. The molecular weight excluding hydrogens is 759 g/mol. The van der Waals surface area contributed by atoms with Crippen molar-refractivity contribution < 1.29 is 0 Å². The third-order valence-electron chi connectivity index (χ3n) is 14.4. The second-order valence-electron chi connectivity index (χ2n) is 19.6. The molecule has 1 heteroatoms. The average Bonchev–Trinajstić information content (AvgIpc) is 3.69. The second kappa shape index (κ2) is 14.3. The van der Waals surface area contributed by atoms with Crippen molar-refractivity contribution >= 4 is 22.1 Å². The molecule has 1 unspecified atom stereocenters. The van der Waals surface area contributed by atoms with E-state index >= 15 is 0 Å². The summed E-state index contributed by atoms with van der Waals surface area (Å²) in [5.74, 6) is 0. The fraction of sp³-hybridized carbons (Fsp3) is 0.161. The molecule has 1 atom stereocenters. The van der Waals surface area contributed by atoms with Crippen molar-refractivity contribution in [3.8, 4) is 55.6 Å². The Kier molecular flexibility index (Phi) is 8.83. The summed E-state index contributed by atoms with van der Waals surface area (Å²) in [6.07, 6.45) is 0. The summed E-state index contributed by atoms with van der Waals surface area (Å²) in [5.41, 5.74) is 23.7. The van der Waals surface area contributed by atoms with Crippen molar-refractivity contribution in [2.75, 3.05) is 5.32 Å². The molecule has 0 amide bonds. The Balaban J connectivity index is 1.19. The van der Waals surface area contributed by atoms with Crippen LogP contribution in [-0.2, 0) is 16.2 Å². The zero-order valence-electron chi connectivity index (χ0n) is 37.4. The van der Waals surface area contributed by atoms with Gasteiger partial charge in [0.05, 0.1) is 0 Å². The van der Waals surface area contributed by atoms with Gasteiger partial charge < -0.3 is 5.32 Å². The average molecular weight is 812 g/mol. The van der Waals surface area contributed by atoms with Gasteiger partial charge in [0.15, 0.2) is 0 Å². The van der Waals surface area contributed by atoms with E-state index in [0.29, 0.717) is 0 Å². The minimum Gasteiger partial charge on any atom is -0.355 e. The molecule has 9 aromatic rings. The van der Waals surface area contributed by atoms with Gasteiger partial charge in [-0.2, -0.15) is 0 Å². The van der Waals surface area contributed by atoms with Crippen molar-refractivity contribution in [3.63, 3.8) is 0 Å². The maximum atomic E-state index is 4.08. The van der Waals surface area contributed by atoms with Gasteiger partial charge in [0, 0.05) is 27.8 Å². The van der Waals surface area contributed by atoms with Crippen LogP contribution in [0.15, 0.2) is 188 Å². The molecule has 0 heterocycles. The van der Waals surface area contributed by atoms with Crippen molar-refractivity contribution in [2.24, 2.45) is 0 Å². The van der Waals surface area contributed by atoms with Crippen LogP contribution in [-0.4, -0.2) is 0 Å². The summed E-state index contributed by atoms with van der Waals surface area (Å²) in [6, 6.07) is 70.5. The summed E-state index contributed by atoms with van der Waals surface area (Å²) in [7, 11) is 0. The molecular formula is C62H53N. The Bertz CT molecular complexity index is 3290. The molecule has 2 aliphatic rings. The summed E-state index contributed by atoms with van der Waals surface area (Å²) in [4.78, 5) is 0. The van der Waals surface area contributed by atoms with Crippen molar-refractivity contribution in [3.05, 3.63) is 227 Å². The number of rotatable bonds is 6. The maximum absolute atomic E-state index is 4.08. The Hall–Kier alpha value is -6.96. The van der Waals surface area contributed by atoms with Gasteiger partial charge in [0.25, 0.3) is 0 Å². The number of aryl methyl sites for hydroxylation is 1. The van der Waals surface area contributed by atoms with E-state index in [-0.39, 0.29) is 16.2 Å². The molecule has 1 nitrogen and oxygen atoms in total. The van der Waals surface area contributed by atoms with Gasteiger partial charge in [-0.05, 0) is 149 Å². The molecule has 0 fully saturated rings. The summed E-state index contributed by atoms with van der Waals surface area (Å²) < 4.78 is 0. The van der Waals surface area contributed by atoms with Gasteiger partial charge in [0.1, 0.15) is 0 Å². The molecule has 1 N–H and O–H groups in total. The van der Waals surface area contributed by atoms with E-state index in [9.17, 15) is 0 Å². The van der Waals surface area contributed by atoms with E-state index in [1.807, 2.05) is 0 Å². The van der Waals surface area contributed by atoms with Crippen molar-refractivity contribution in [1.29, 1.82) is 0 Å². The molecule has 2 aliphatic carbocycles. The molecule has 0 aromatic heterocycles. The molecule has 0 aliphatic heterocycles. The van der Waals surface area contributed by atoms with E-state index < -0.39 is 0 Å². The number of benzene rings is 9. The van der Waals surface area contributed by atoms with Crippen LogP contribution in [0.1, 0.15) is 80.5 Å². The van der Waals surface area contributed by atoms with Crippen LogP contribution in [0.2, 0.25) is 0 Å². The van der Waals surface area contributed by atoms with E-state index in [1.54, 1.807) is 0 Å². The topological polar surface area (TPSA) is 12.0 Å². The molecule has 306 valence electrons. The minimum atomic E-state index is -0.348. The molecule has 11 rings (SSSR count). The highest BCUT2D eigenvalue weighted by Gasteiger charge is 2.43.